The average Bonchev–Trinajstić information content (AvgIpc) is 3.12. The highest BCUT2D eigenvalue weighted by Gasteiger charge is 2.31. The van der Waals surface area contributed by atoms with Gasteiger partial charge in [0.15, 0.2) is 5.82 Å². The fourth-order valence-corrected chi connectivity index (χ4v) is 1.90. The van der Waals surface area contributed by atoms with Crippen LogP contribution in [0, 0.1) is 5.92 Å². The summed E-state index contributed by atoms with van der Waals surface area (Å²) in [6, 6.07) is -0.217. The van der Waals surface area contributed by atoms with Gasteiger partial charge in [0.2, 0.25) is 11.8 Å². The summed E-state index contributed by atoms with van der Waals surface area (Å²) < 4.78 is 5.29. The van der Waals surface area contributed by atoms with Gasteiger partial charge in [0.05, 0.1) is 0 Å². The maximum atomic E-state index is 11.8. The molecule has 1 amide bonds. The number of carbonyl (C=O) groups is 1. The van der Waals surface area contributed by atoms with Crippen LogP contribution < -0.4 is 11.1 Å². The van der Waals surface area contributed by atoms with E-state index in [-0.39, 0.29) is 17.9 Å². The summed E-state index contributed by atoms with van der Waals surface area (Å²) in [5, 5.41) is 6.94. The quantitative estimate of drug-likeness (QED) is 0.780. The van der Waals surface area contributed by atoms with E-state index < -0.39 is 0 Å². The van der Waals surface area contributed by atoms with Crippen LogP contribution in [0.4, 0.5) is 0 Å². The van der Waals surface area contributed by atoms with Gasteiger partial charge in [0.1, 0.15) is 6.04 Å². The molecule has 1 heterocycles. The van der Waals surface area contributed by atoms with E-state index in [1.807, 2.05) is 13.8 Å². The van der Waals surface area contributed by atoms with Gasteiger partial charge in [-0.3, -0.25) is 4.79 Å². The number of rotatable bonds is 7. The molecule has 1 aromatic heterocycles. The summed E-state index contributed by atoms with van der Waals surface area (Å²) in [4.78, 5) is 16.2. The molecule has 1 atom stereocenters. The predicted molar refractivity (Wildman–Crippen MR) is 70.3 cm³/mol. The topological polar surface area (TPSA) is 94.0 Å². The zero-order chi connectivity index (χ0) is 13.8. The molecule has 1 unspecified atom stereocenters. The van der Waals surface area contributed by atoms with E-state index >= 15 is 0 Å². The molecule has 0 spiro atoms. The summed E-state index contributed by atoms with van der Waals surface area (Å²) in [7, 11) is 0. The number of nitrogens with two attached hydrogens (primary N) is 1. The molecule has 1 aliphatic carbocycles. The predicted octanol–water partition coefficient (Wildman–Crippen LogP) is 1.50. The molecular weight excluding hydrogens is 244 g/mol. The fourth-order valence-electron chi connectivity index (χ4n) is 1.90. The van der Waals surface area contributed by atoms with Crippen molar-refractivity contribution in [1.82, 2.24) is 15.5 Å². The Kier molecular flexibility index (Phi) is 4.52. The van der Waals surface area contributed by atoms with Crippen molar-refractivity contribution in [3.05, 3.63) is 11.7 Å². The van der Waals surface area contributed by atoms with Crippen molar-refractivity contribution in [2.75, 3.05) is 6.54 Å². The van der Waals surface area contributed by atoms with Gasteiger partial charge in [0.25, 0.3) is 0 Å². The molecule has 1 fully saturated rings. The monoisotopic (exact) mass is 266 g/mol. The van der Waals surface area contributed by atoms with Gasteiger partial charge in [-0.1, -0.05) is 19.0 Å². The van der Waals surface area contributed by atoms with Crippen molar-refractivity contribution in [3.8, 4) is 0 Å². The Balaban J connectivity index is 1.99. The lowest BCUT2D eigenvalue weighted by molar-refractivity contribution is -0.122. The van der Waals surface area contributed by atoms with Crippen LogP contribution in [0.15, 0.2) is 4.52 Å². The molecule has 0 bridgehead atoms. The molecule has 6 heteroatoms. The van der Waals surface area contributed by atoms with Gasteiger partial charge in [-0.2, -0.15) is 4.98 Å². The Morgan fingerprint density at radius 2 is 2.26 bits per heavy atom. The smallest absolute Gasteiger partial charge is 0.249 e. The third-order valence-electron chi connectivity index (χ3n) is 3.26. The summed E-state index contributed by atoms with van der Waals surface area (Å²) in [6.45, 7) is 4.57. The van der Waals surface area contributed by atoms with Gasteiger partial charge < -0.3 is 15.6 Å². The Labute approximate surface area is 113 Å². The number of amides is 1. The Bertz CT molecular complexity index is 426. The van der Waals surface area contributed by atoms with Crippen molar-refractivity contribution in [1.29, 1.82) is 0 Å². The molecule has 1 aromatic rings. The van der Waals surface area contributed by atoms with Gasteiger partial charge in [-0.05, 0) is 31.7 Å². The van der Waals surface area contributed by atoms with Crippen LogP contribution in [-0.4, -0.2) is 22.6 Å². The van der Waals surface area contributed by atoms with Crippen molar-refractivity contribution < 1.29 is 9.32 Å². The molecule has 0 aliphatic heterocycles. The third kappa shape index (κ3) is 3.76. The number of hydrogen-bond acceptors (Lipinski definition) is 5. The third-order valence-corrected chi connectivity index (χ3v) is 3.26. The molecule has 0 aromatic carbocycles. The zero-order valence-electron chi connectivity index (χ0n) is 11.6. The lowest BCUT2D eigenvalue weighted by atomic mass is 10.0. The van der Waals surface area contributed by atoms with Crippen molar-refractivity contribution in [2.24, 2.45) is 11.7 Å². The number of carbonyl (C=O) groups excluding carboxylic acids is 1. The van der Waals surface area contributed by atoms with Crippen molar-refractivity contribution >= 4 is 5.91 Å². The second-order valence-corrected chi connectivity index (χ2v) is 5.45. The van der Waals surface area contributed by atoms with Gasteiger partial charge >= 0.3 is 0 Å². The van der Waals surface area contributed by atoms with Crippen LogP contribution in [0.1, 0.15) is 63.2 Å². The summed E-state index contributed by atoms with van der Waals surface area (Å²) >= 11 is 0. The highest BCUT2D eigenvalue weighted by Crippen LogP contribution is 2.38. The standard InChI is InChI=1S/C13H22N4O2/c1-8(2)11(15-10(18)4-3-7-14)13-16-12(17-19-13)9-5-6-9/h8-9,11H,3-7,14H2,1-2H3,(H,15,18). The van der Waals surface area contributed by atoms with E-state index in [2.05, 4.69) is 15.5 Å². The minimum absolute atomic E-state index is 0.0182. The summed E-state index contributed by atoms with van der Waals surface area (Å²) in [5.74, 6) is 1.93. The van der Waals surface area contributed by atoms with Crippen molar-refractivity contribution in [3.63, 3.8) is 0 Å². The second kappa shape index (κ2) is 6.14. The fraction of sp³-hybridized carbons (Fsp3) is 0.769. The van der Waals surface area contributed by atoms with Crippen molar-refractivity contribution in [2.45, 2.75) is 51.5 Å². The summed E-state index contributed by atoms with van der Waals surface area (Å²) in [5.41, 5.74) is 5.40. The highest BCUT2D eigenvalue weighted by molar-refractivity contribution is 5.76. The molecule has 3 N–H and O–H groups in total. The molecule has 19 heavy (non-hydrogen) atoms. The highest BCUT2D eigenvalue weighted by atomic mass is 16.5. The number of nitrogens with one attached hydrogen (secondary N) is 1. The van der Waals surface area contributed by atoms with Crippen LogP contribution in [0.2, 0.25) is 0 Å². The van der Waals surface area contributed by atoms with Gasteiger partial charge in [-0.25, -0.2) is 0 Å². The van der Waals surface area contributed by atoms with Gasteiger partial charge in [-0.15, -0.1) is 0 Å². The van der Waals surface area contributed by atoms with E-state index in [4.69, 9.17) is 10.3 Å². The van der Waals surface area contributed by atoms with Crippen LogP contribution >= 0.6 is 0 Å². The SMILES string of the molecule is CC(C)C(NC(=O)CCCN)c1nc(C2CC2)no1. The van der Waals surface area contributed by atoms with Crippen LogP contribution in [0.25, 0.3) is 0 Å². The zero-order valence-corrected chi connectivity index (χ0v) is 11.6. The minimum atomic E-state index is -0.217. The minimum Gasteiger partial charge on any atom is -0.344 e. The second-order valence-electron chi connectivity index (χ2n) is 5.45. The summed E-state index contributed by atoms with van der Waals surface area (Å²) in [6.07, 6.45) is 3.39. The number of hydrogen-bond donors (Lipinski definition) is 2. The van der Waals surface area contributed by atoms with E-state index in [9.17, 15) is 4.79 Å². The molecule has 106 valence electrons. The van der Waals surface area contributed by atoms with E-state index in [1.54, 1.807) is 0 Å². The number of aromatic nitrogens is 2. The van der Waals surface area contributed by atoms with E-state index in [1.165, 1.54) is 0 Å². The Hall–Kier alpha value is -1.43. The largest absolute Gasteiger partial charge is 0.344 e. The molecule has 1 aliphatic rings. The molecule has 6 nitrogen and oxygen atoms in total. The lowest BCUT2D eigenvalue weighted by Gasteiger charge is -2.18. The van der Waals surface area contributed by atoms with E-state index in [0.717, 1.165) is 18.7 Å². The maximum absolute atomic E-state index is 11.8. The molecule has 0 radical (unpaired) electrons. The first kappa shape index (κ1) is 14.0. The Morgan fingerprint density at radius 1 is 1.53 bits per heavy atom. The first-order valence-electron chi connectivity index (χ1n) is 6.94. The first-order valence-corrected chi connectivity index (χ1v) is 6.94. The molecule has 2 rings (SSSR count). The molecule has 1 saturated carbocycles. The maximum Gasteiger partial charge on any atom is 0.249 e. The van der Waals surface area contributed by atoms with Crippen LogP contribution in [0.5, 0.6) is 0 Å². The average molecular weight is 266 g/mol. The molecular formula is C13H22N4O2. The number of nitrogens with zero attached hydrogens (tertiary/aromatic N) is 2. The Morgan fingerprint density at radius 3 is 2.84 bits per heavy atom. The lowest BCUT2D eigenvalue weighted by Crippen LogP contribution is -2.32. The normalized spacial score (nSPS) is 16.6. The van der Waals surface area contributed by atoms with Crippen LogP contribution in [-0.2, 0) is 4.79 Å². The van der Waals surface area contributed by atoms with Gasteiger partial charge in [0, 0.05) is 12.3 Å². The molecule has 0 saturated heterocycles. The first-order chi connectivity index (χ1) is 9.11. The van der Waals surface area contributed by atoms with Crippen LogP contribution in [0.3, 0.4) is 0 Å². The van der Waals surface area contributed by atoms with E-state index in [0.29, 0.717) is 31.2 Å².